The van der Waals surface area contributed by atoms with Gasteiger partial charge in [0.1, 0.15) is 11.5 Å². The predicted octanol–water partition coefficient (Wildman–Crippen LogP) is 1.54. The molecule has 1 aromatic rings. The van der Waals surface area contributed by atoms with Gasteiger partial charge in [0, 0.05) is 18.2 Å². The fraction of sp³-hybridized carbons (Fsp3) is 0.600. The highest BCUT2D eigenvalue weighted by atomic mass is 16.3. The zero-order valence-electron chi connectivity index (χ0n) is 8.42. The molecule has 1 unspecified atom stereocenters. The Labute approximate surface area is 78.8 Å². The monoisotopic (exact) mass is 183 g/mol. The van der Waals surface area contributed by atoms with E-state index >= 15 is 0 Å². The SMILES string of the molecule is Cc1cc(C(C)NCCO)c(C)o1. The quantitative estimate of drug-likeness (QED) is 0.744. The molecule has 74 valence electrons. The van der Waals surface area contributed by atoms with Gasteiger partial charge in [-0.3, -0.25) is 0 Å². The van der Waals surface area contributed by atoms with E-state index in [1.807, 2.05) is 19.9 Å². The molecule has 1 rings (SSSR count). The van der Waals surface area contributed by atoms with Gasteiger partial charge in [0.2, 0.25) is 0 Å². The predicted molar refractivity (Wildman–Crippen MR) is 51.7 cm³/mol. The number of nitrogens with one attached hydrogen (secondary N) is 1. The van der Waals surface area contributed by atoms with Gasteiger partial charge in [-0.2, -0.15) is 0 Å². The maximum Gasteiger partial charge on any atom is 0.105 e. The third kappa shape index (κ3) is 2.57. The van der Waals surface area contributed by atoms with Gasteiger partial charge in [-0.15, -0.1) is 0 Å². The van der Waals surface area contributed by atoms with Crippen LogP contribution in [0.2, 0.25) is 0 Å². The lowest BCUT2D eigenvalue weighted by atomic mass is 10.1. The molecule has 0 amide bonds. The largest absolute Gasteiger partial charge is 0.466 e. The van der Waals surface area contributed by atoms with Gasteiger partial charge in [0.25, 0.3) is 0 Å². The molecule has 0 radical (unpaired) electrons. The molecular weight excluding hydrogens is 166 g/mol. The van der Waals surface area contributed by atoms with Crippen LogP contribution in [0.25, 0.3) is 0 Å². The van der Waals surface area contributed by atoms with E-state index in [-0.39, 0.29) is 12.6 Å². The van der Waals surface area contributed by atoms with Crippen LogP contribution in [0.3, 0.4) is 0 Å². The molecule has 0 bridgehead atoms. The first-order valence-electron chi connectivity index (χ1n) is 4.56. The highest BCUT2D eigenvalue weighted by Gasteiger charge is 2.11. The van der Waals surface area contributed by atoms with E-state index < -0.39 is 0 Å². The van der Waals surface area contributed by atoms with Crippen LogP contribution >= 0.6 is 0 Å². The molecule has 1 heterocycles. The molecule has 0 aliphatic rings. The molecule has 1 atom stereocenters. The summed E-state index contributed by atoms with van der Waals surface area (Å²) in [6, 6.07) is 2.27. The smallest absolute Gasteiger partial charge is 0.105 e. The maximum atomic E-state index is 8.65. The molecule has 0 aliphatic heterocycles. The Morgan fingerprint density at radius 2 is 2.23 bits per heavy atom. The molecular formula is C10H17NO2. The Balaban J connectivity index is 2.64. The number of furan rings is 1. The van der Waals surface area contributed by atoms with Crippen LogP contribution in [0.5, 0.6) is 0 Å². The van der Waals surface area contributed by atoms with Crippen molar-refractivity contribution in [1.82, 2.24) is 5.32 Å². The summed E-state index contributed by atoms with van der Waals surface area (Å²) < 4.78 is 5.41. The number of aliphatic hydroxyl groups is 1. The topological polar surface area (TPSA) is 45.4 Å². The zero-order chi connectivity index (χ0) is 9.84. The van der Waals surface area contributed by atoms with Gasteiger partial charge in [0.05, 0.1) is 6.61 Å². The van der Waals surface area contributed by atoms with E-state index in [9.17, 15) is 0 Å². The summed E-state index contributed by atoms with van der Waals surface area (Å²) in [7, 11) is 0. The lowest BCUT2D eigenvalue weighted by Gasteiger charge is -2.11. The zero-order valence-corrected chi connectivity index (χ0v) is 8.42. The molecule has 0 aliphatic carbocycles. The molecule has 2 N–H and O–H groups in total. The van der Waals surface area contributed by atoms with Crippen molar-refractivity contribution < 1.29 is 9.52 Å². The third-order valence-electron chi connectivity index (χ3n) is 2.11. The fourth-order valence-electron chi connectivity index (χ4n) is 1.47. The summed E-state index contributed by atoms with van der Waals surface area (Å²) in [5.41, 5.74) is 1.17. The first-order valence-corrected chi connectivity index (χ1v) is 4.56. The molecule has 3 nitrogen and oxygen atoms in total. The van der Waals surface area contributed by atoms with Crippen molar-refractivity contribution in [2.45, 2.75) is 26.8 Å². The van der Waals surface area contributed by atoms with Crippen LogP contribution in [-0.2, 0) is 0 Å². The normalized spacial score (nSPS) is 13.2. The molecule has 0 aromatic carbocycles. The molecule has 0 fully saturated rings. The second kappa shape index (κ2) is 4.44. The summed E-state index contributed by atoms with van der Waals surface area (Å²) >= 11 is 0. The summed E-state index contributed by atoms with van der Waals surface area (Å²) in [6.45, 7) is 6.74. The second-order valence-corrected chi connectivity index (χ2v) is 3.27. The van der Waals surface area contributed by atoms with Crippen molar-refractivity contribution >= 4 is 0 Å². The average molecular weight is 183 g/mol. The van der Waals surface area contributed by atoms with Gasteiger partial charge >= 0.3 is 0 Å². The van der Waals surface area contributed by atoms with Crippen molar-refractivity contribution in [1.29, 1.82) is 0 Å². The average Bonchev–Trinajstić information content (AvgIpc) is 2.41. The first kappa shape index (κ1) is 10.3. The van der Waals surface area contributed by atoms with Crippen LogP contribution in [0.1, 0.15) is 30.0 Å². The Morgan fingerprint density at radius 3 is 2.69 bits per heavy atom. The van der Waals surface area contributed by atoms with E-state index in [2.05, 4.69) is 12.2 Å². The molecule has 3 heteroatoms. The first-order chi connectivity index (χ1) is 6.15. The molecule has 0 saturated heterocycles. The van der Waals surface area contributed by atoms with Crippen molar-refractivity contribution in [2.75, 3.05) is 13.2 Å². The number of aryl methyl sites for hydroxylation is 2. The Hall–Kier alpha value is -0.800. The van der Waals surface area contributed by atoms with E-state index in [0.717, 1.165) is 11.5 Å². The minimum atomic E-state index is 0.167. The van der Waals surface area contributed by atoms with Gasteiger partial charge in [-0.05, 0) is 26.8 Å². The number of aliphatic hydroxyl groups excluding tert-OH is 1. The van der Waals surface area contributed by atoms with Crippen molar-refractivity contribution in [3.05, 3.63) is 23.2 Å². The van der Waals surface area contributed by atoms with Crippen molar-refractivity contribution in [3.8, 4) is 0 Å². The Bertz CT molecular complexity index is 268. The minimum absolute atomic E-state index is 0.167. The maximum absolute atomic E-state index is 8.65. The van der Waals surface area contributed by atoms with Crippen LogP contribution < -0.4 is 5.32 Å². The number of hydrogen-bond acceptors (Lipinski definition) is 3. The van der Waals surface area contributed by atoms with Crippen LogP contribution in [0.4, 0.5) is 0 Å². The summed E-state index contributed by atoms with van der Waals surface area (Å²) in [4.78, 5) is 0. The van der Waals surface area contributed by atoms with Gasteiger partial charge in [-0.25, -0.2) is 0 Å². The van der Waals surface area contributed by atoms with Gasteiger partial charge in [-0.1, -0.05) is 0 Å². The van der Waals surface area contributed by atoms with E-state index in [0.29, 0.717) is 6.54 Å². The standard InChI is InChI=1S/C10H17NO2/c1-7-6-10(9(3)13-7)8(2)11-4-5-12/h6,8,11-12H,4-5H2,1-3H3. The van der Waals surface area contributed by atoms with E-state index in [1.165, 1.54) is 5.56 Å². The second-order valence-electron chi connectivity index (χ2n) is 3.27. The van der Waals surface area contributed by atoms with Crippen LogP contribution in [-0.4, -0.2) is 18.3 Å². The fourth-order valence-corrected chi connectivity index (χ4v) is 1.47. The third-order valence-corrected chi connectivity index (χ3v) is 2.11. The van der Waals surface area contributed by atoms with Gasteiger partial charge < -0.3 is 14.8 Å². The molecule has 0 saturated carbocycles. The van der Waals surface area contributed by atoms with Crippen LogP contribution in [0.15, 0.2) is 10.5 Å². The van der Waals surface area contributed by atoms with Gasteiger partial charge in [0.15, 0.2) is 0 Å². The number of rotatable bonds is 4. The summed E-state index contributed by atoms with van der Waals surface area (Å²) in [6.07, 6.45) is 0. The lowest BCUT2D eigenvalue weighted by Crippen LogP contribution is -2.22. The van der Waals surface area contributed by atoms with E-state index in [1.54, 1.807) is 0 Å². The highest BCUT2D eigenvalue weighted by Crippen LogP contribution is 2.20. The molecule has 1 aromatic heterocycles. The molecule has 0 spiro atoms. The van der Waals surface area contributed by atoms with Crippen molar-refractivity contribution in [2.24, 2.45) is 0 Å². The number of hydrogen-bond donors (Lipinski definition) is 2. The minimum Gasteiger partial charge on any atom is -0.466 e. The lowest BCUT2D eigenvalue weighted by molar-refractivity contribution is 0.286. The van der Waals surface area contributed by atoms with E-state index in [4.69, 9.17) is 9.52 Å². The summed E-state index contributed by atoms with van der Waals surface area (Å²) in [5, 5.41) is 11.8. The molecule has 13 heavy (non-hydrogen) atoms. The Morgan fingerprint density at radius 1 is 1.54 bits per heavy atom. The Kier molecular flexibility index (Phi) is 3.51. The van der Waals surface area contributed by atoms with Crippen LogP contribution in [0, 0.1) is 13.8 Å². The highest BCUT2D eigenvalue weighted by molar-refractivity contribution is 5.23. The van der Waals surface area contributed by atoms with Crippen molar-refractivity contribution in [3.63, 3.8) is 0 Å². The summed E-state index contributed by atoms with van der Waals surface area (Å²) in [5.74, 6) is 1.89.